The monoisotopic (exact) mass is 346 g/mol. The number of rotatable bonds is 2. The number of nitrogens with zero attached hydrogens (tertiary/aromatic N) is 3. The molecule has 0 bridgehead atoms. The normalized spacial score (nSPS) is 18.4. The molecule has 1 aliphatic rings. The van der Waals surface area contributed by atoms with Crippen molar-refractivity contribution in [3.05, 3.63) is 46.4 Å². The Kier molecular flexibility index (Phi) is 4.49. The van der Waals surface area contributed by atoms with Crippen LogP contribution in [0.25, 0.3) is 5.69 Å². The van der Waals surface area contributed by atoms with Gasteiger partial charge in [-0.3, -0.25) is 9.78 Å². The molecule has 2 heterocycles. The van der Waals surface area contributed by atoms with Gasteiger partial charge in [0.15, 0.2) is 0 Å². The number of likely N-dealkylation sites (tertiary alicyclic amines) is 1. The lowest BCUT2D eigenvalue weighted by Gasteiger charge is -2.35. The molecule has 1 aliphatic heterocycles. The van der Waals surface area contributed by atoms with Crippen molar-refractivity contribution in [3.63, 3.8) is 0 Å². The molecule has 25 heavy (non-hydrogen) atoms. The number of hydrogen-bond acceptors (Lipinski definition) is 3. The zero-order chi connectivity index (χ0) is 18.2. The summed E-state index contributed by atoms with van der Waals surface area (Å²) in [7, 11) is 0. The van der Waals surface area contributed by atoms with Gasteiger partial charge < -0.3 is 4.90 Å². The van der Waals surface area contributed by atoms with E-state index in [2.05, 4.69) is 10.1 Å². The summed E-state index contributed by atoms with van der Waals surface area (Å²) >= 11 is 0. The molecule has 1 atom stereocenters. The van der Waals surface area contributed by atoms with E-state index in [0.717, 1.165) is 19.4 Å². The SMILES string of the molecule is CC(C)(C)C(=O)N1CCCC(c2nn(-c3ccc(F)cc3)c(=O)[nH]2)C1. The van der Waals surface area contributed by atoms with Gasteiger partial charge in [-0.05, 0) is 37.1 Å². The molecule has 2 aromatic rings. The number of halogens is 1. The van der Waals surface area contributed by atoms with E-state index in [1.165, 1.54) is 28.9 Å². The number of H-pyrrole nitrogens is 1. The van der Waals surface area contributed by atoms with Crippen LogP contribution in [-0.2, 0) is 4.79 Å². The molecule has 0 spiro atoms. The summed E-state index contributed by atoms with van der Waals surface area (Å²) in [5.74, 6) is 0.309. The Hall–Kier alpha value is -2.44. The maximum Gasteiger partial charge on any atom is 0.348 e. The van der Waals surface area contributed by atoms with Gasteiger partial charge in [-0.15, -0.1) is 5.10 Å². The molecule has 1 aromatic heterocycles. The minimum Gasteiger partial charge on any atom is -0.342 e. The third kappa shape index (κ3) is 3.65. The molecule has 1 unspecified atom stereocenters. The fraction of sp³-hybridized carbons (Fsp3) is 0.500. The second-order valence-corrected chi connectivity index (χ2v) is 7.54. The average Bonchev–Trinajstić information content (AvgIpc) is 2.96. The van der Waals surface area contributed by atoms with Gasteiger partial charge in [0, 0.05) is 24.4 Å². The Morgan fingerprint density at radius 3 is 2.60 bits per heavy atom. The van der Waals surface area contributed by atoms with Crippen molar-refractivity contribution in [1.29, 1.82) is 0 Å². The van der Waals surface area contributed by atoms with Crippen molar-refractivity contribution in [2.45, 2.75) is 39.5 Å². The first kappa shape index (κ1) is 17.4. The number of carbonyl (C=O) groups is 1. The van der Waals surface area contributed by atoms with Gasteiger partial charge in [0.1, 0.15) is 11.6 Å². The lowest BCUT2D eigenvalue weighted by molar-refractivity contribution is -0.140. The molecule has 1 fully saturated rings. The highest BCUT2D eigenvalue weighted by molar-refractivity contribution is 5.81. The summed E-state index contributed by atoms with van der Waals surface area (Å²) < 4.78 is 14.3. The van der Waals surface area contributed by atoms with Gasteiger partial charge in [-0.25, -0.2) is 9.18 Å². The molecule has 134 valence electrons. The molecule has 3 rings (SSSR count). The summed E-state index contributed by atoms with van der Waals surface area (Å²) in [5, 5.41) is 4.38. The standard InChI is InChI=1S/C18H23FN4O2/c1-18(2,3)16(24)22-10-4-5-12(11-22)15-20-17(25)23(21-15)14-8-6-13(19)7-9-14/h6-9,12H,4-5,10-11H2,1-3H3,(H,20,21,25). The zero-order valence-electron chi connectivity index (χ0n) is 14.8. The fourth-order valence-electron chi connectivity index (χ4n) is 3.14. The molecule has 0 aliphatic carbocycles. The molecule has 0 radical (unpaired) electrons. The predicted molar refractivity (Wildman–Crippen MR) is 92.2 cm³/mol. The molecule has 1 saturated heterocycles. The van der Waals surface area contributed by atoms with Gasteiger partial charge in [0.2, 0.25) is 5.91 Å². The predicted octanol–water partition coefficient (Wildman–Crippen LogP) is 2.45. The minimum atomic E-state index is -0.428. The Bertz CT molecular complexity index is 817. The number of amides is 1. The van der Waals surface area contributed by atoms with Crippen LogP contribution in [0.3, 0.4) is 0 Å². The number of nitrogens with one attached hydrogen (secondary N) is 1. The Labute approximate surface area is 145 Å². The van der Waals surface area contributed by atoms with Crippen LogP contribution in [0.1, 0.15) is 45.4 Å². The zero-order valence-corrected chi connectivity index (χ0v) is 14.8. The van der Waals surface area contributed by atoms with E-state index in [4.69, 9.17) is 0 Å². The van der Waals surface area contributed by atoms with E-state index in [1.807, 2.05) is 25.7 Å². The lowest BCUT2D eigenvalue weighted by atomic mass is 9.91. The van der Waals surface area contributed by atoms with Crippen LogP contribution < -0.4 is 5.69 Å². The van der Waals surface area contributed by atoms with E-state index in [0.29, 0.717) is 18.1 Å². The van der Waals surface area contributed by atoms with Gasteiger partial charge in [-0.1, -0.05) is 20.8 Å². The third-order valence-electron chi connectivity index (χ3n) is 4.44. The van der Waals surface area contributed by atoms with Crippen molar-refractivity contribution < 1.29 is 9.18 Å². The minimum absolute atomic E-state index is 0.00514. The second kappa shape index (κ2) is 6.46. The maximum atomic E-state index is 13.1. The van der Waals surface area contributed by atoms with Crippen LogP contribution in [0.15, 0.2) is 29.1 Å². The first-order valence-corrected chi connectivity index (χ1v) is 8.50. The van der Waals surface area contributed by atoms with Crippen LogP contribution >= 0.6 is 0 Å². The van der Waals surface area contributed by atoms with Gasteiger partial charge in [0.25, 0.3) is 0 Å². The topological polar surface area (TPSA) is 71.0 Å². The number of carbonyl (C=O) groups excluding carboxylic acids is 1. The van der Waals surface area contributed by atoms with E-state index in [9.17, 15) is 14.0 Å². The highest BCUT2D eigenvalue weighted by atomic mass is 19.1. The number of piperidine rings is 1. The average molecular weight is 346 g/mol. The molecule has 6 nitrogen and oxygen atoms in total. The molecule has 7 heteroatoms. The third-order valence-corrected chi connectivity index (χ3v) is 4.44. The lowest BCUT2D eigenvalue weighted by Crippen LogP contribution is -2.44. The smallest absolute Gasteiger partial charge is 0.342 e. The van der Waals surface area contributed by atoms with E-state index in [-0.39, 0.29) is 23.3 Å². The summed E-state index contributed by atoms with van der Waals surface area (Å²) in [4.78, 5) is 29.4. The second-order valence-electron chi connectivity index (χ2n) is 7.54. The molecule has 1 aromatic carbocycles. The first-order chi connectivity index (χ1) is 11.8. The van der Waals surface area contributed by atoms with Crippen LogP contribution in [0.4, 0.5) is 4.39 Å². The summed E-state index contributed by atoms with van der Waals surface area (Å²) in [6.07, 6.45) is 1.74. The van der Waals surface area contributed by atoms with Crippen LogP contribution in [-0.4, -0.2) is 38.7 Å². The molecule has 0 saturated carbocycles. The van der Waals surface area contributed by atoms with Crippen molar-refractivity contribution in [2.75, 3.05) is 13.1 Å². The highest BCUT2D eigenvalue weighted by Gasteiger charge is 2.32. The maximum absolute atomic E-state index is 13.1. The van der Waals surface area contributed by atoms with Crippen LogP contribution in [0.5, 0.6) is 0 Å². The van der Waals surface area contributed by atoms with Crippen LogP contribution in [0.2, 0.25) is 0 Å². The fourth-order valence-corrected chi connectivity index (χ4v) is 3.14. The number of aromatic amines is 1. The Balaban J connectivity index is 1.83. The Morgan fingerprint density at radius 2 is 1.96 bits per heavy atom. The van der Waals surface area contributed by atoms with Crippen molar-refractivity contribution in [3.8, 4) is 5.69 Å². The molecular weight excluding hydrogens is 323 g/mol. The number of benzene rings is 1. The largest absolute Gasteiger partial charge is 0.348 e. The Morgan fingerprint density at radius 1 is 1.28 bits per heavy atom. The molecule has 1 N–H and O–H groups in total. The van der Waals surface area contributed by atoms with Crippen molar-refractivity contribution in [1.82, 2.24) is 19.7 Å². The molecular formula is C18H23FN4O2. The van der Waals surface area contributed by atoms with E-state index < -0.39 is 5.41 Å². The van der Waals surface area contributed by atoms with Gasteiger partial charge >= 0.3 is 5.69 Å². The van der Waals surface area contributed by atoms with Gasteiger partial charge in [0.05, 0.1) is 5.69 Å². The van der Waals surface area contributed by atoms with E-state index >= 15 is 0 Å². The van der Waals surface area contributed by atoms with Crippen molar-refractivity contribution in [2.24, 2.45) is 5.41 Å². The number of hydrogen-bond donors (Lipinski definition) is 1. The number of aromatic nitrogens is 3. The summed E-state index contributed by atoms with van der Waals surface area (Å²) in [6, 6.07) is 5.61. The molecule has 1 amide bonds. The van der Waals surface area contributed by atoms with E-state index in [1.54, 1.807) is 0 Å². The van der Waals surface area contributed by atoms with Gasteiger partial charge in [-0.2, -0.15) is 4.68 Å². The van der Waals surface area contributed by atoms with Crippen molar-refractivity contribution >= 4 is 5.91 Å². The van der Waals surface area contributed by atoms with Crippen LogP contribution in [0, 0.1) is 11.2 Å². The quantitative estimate of drug-likeness (QED) is 0.908. The highest BCUT2D eigenvalue weighted by Crippen LogP contribution is 2.27. The first-order valence-electron chi connectivity index (χ1n) is 8.50. The summed E-state index contributed by atoms with van der Waals surface area (Å²) in [6.45, 7) is 7.00. The summed E-state index contributed by atoms with van der Waals surface area (Å²) in [5.41, 5.74) is -0.281.